The quantitative estimate of drug-likeness (QED) is 0.369. The van der Waals surface area contributed by atoms with Crippen molar-refractivity contribution < 1.29 is 18.3 Å². The molecule has 10 heteroatoms. The van der Waals surface area contributed by atoms with Gasteiger partial charge in [-0.15, -0.1) is 0 Å². The van der Waals surface area contributed by atoms with Gasteiger partial charge in [0.15, 0.2) is 11.4 Å². The van der Waals surface area contributed by atoms with Crippen LogP contribution in [0, 0.1) is 6.92 Å². The number of nitrogens with zero attached hydrogens (tertiary/aromatic N) is 3. The van der Waals surface area contributed by atoms with Crippen LogP contribution in [0.1, 0.15) is 21.7 Å². The van der Waals surface area contributed by atoms with E-state index in [4.69, 9.17) is 0 Å². The van der Waals surface area contributed by atoms with Gasteiger partial charge in [0.2, 0.25) is 10.0 Å². The smallest absolute Gasteiger partial charge is 0.273 e. The summed E-state index contributed by atoms with van der Waals surface area (Å²) in [7, 11) is -1.98. The predicted molar refractivity (Wildman–Crippen MR) is 143 cm³/mol. The molecule has 0 radical (unpaired) electrons. The van der Waals surface area contributed by atoms with E-state index in [9.17, 15) is 23.1 Å². The molecule has 2 heterocycles. The summed E-state index contributed by atoms with van der Waals surface area (Å²) in [6, 6.07) is 20.2. The van der Waals surface area contributed by atoms with Gasteiger partial charge in [-0.05, 0) is 24.1 Å². The van der Waals surface area contributed by atoms with Crippen molar-refractivity contribution in [3.63, 3.8) is 0 Å². The lowest BCUT2D eigenvalue weighted by atomic mass is 10.0. The maximum absolute atomic E-state index is 13.7. The number of hydrogen-bond donors (Lipinski definition) is 2. The van der Waals surface area contributed by atoms with Crippen LogP contribution in [0.5, 0.6) is 5.75 Å². The summed E-state index contributed by atoms with van der Waals surface area (Å²) in [6.45, 7) is 2.03. The second-order valence-corrected chi connectivity index (χ2v) is 10.9. The van der Waals surface area contributed by atoms with Crippen LogP contribution < -0.4 is 10.9 Å². The van der Waals surface area contributed by atoms with Gasteiger partial charge in [-0.1, -0.05) is 60.7 Å². The number of pyridine rings is 2. The summed E-state index contributed by atoms with van der Waals surface area (Å²) in [5.74, 6) is -1.000. The van der Waals surface area contributed by atoms with Crippen LogP contribution in [0.2, 0.25) is 0 Å². The van der Waals surface area contributed by atoms with Gasteiger partial charge in [0.1, 0.15) is 0 Å². The average molecular weight is 521 g/mol. The van der Waals surface area contributed by atoms with Crippen molar-refractivity contribution >= 4 is 26.8 Å². The fourth-order valence-corrected chi connectivity index (χ4v) is 4.54. The molecule has 37 heavy (non-hydrogen) atoms. The van der Waals surface area contributed by atoms with E-state index in [0.717, 1.165) is 16.1 Å². The lowest BCUT2D eigenvalue weighted by Gasteiger charge is -2.18. The summed E-state index contributed by atoms with van der Waals surface area (Å²) in [4.78, 5) is 30.9. The molecule has 2 aromatic carbocycles. The second kappa shape index (κ2) is 10.5. The van der Waals surface area contributed by atoms with E-state index in [1.165, 1.54) is 7.05 Å². The number of rotatable bonds is 8. The standard InChI is InChI=1S/C27H28N4O5S/c1-18-24-22(25(32)23(29-18)26(33)28-14-15-30(2)37(3,35)36)16-21(20-12-8-5-9-13-20)27(34)31(24)17-19-10-6-4-7-11-19/h4-13,16,32H,14-15,17H2,1-3H3,(H,28,33). The topological polar surface area (TPSA) is 122 Å². The number of nitrogens with one attached hydrogen (secondary N) is 1. The largest absolute Gasteiger partial charge is 0.505 e. The summed E-state index contributed by atoms with van der Waals surface area (Å²) in [6.07, 6.45) is 1.08. The van der Waals surface area contributed by atoms with E-state index in [1.807, 2.05) is 60.7 Å². The number of fused-ring (bicyclic) bond motifs is 1. The Labute approximate surface area is 215 Å². The van der Waals surface area contributed by atoms with Gasteiger partial charge in [-0.3, -0.25) is 9.59 Å². The van der Waals surface area contributed by atoms with Gasteiger partial charge in [0.25, 0.3) is 11.5 Å². The molecule has 0 fully saturated rings. The van der Waals surface area contributed by atoms with Crippen LogP contribution in [0.15, 0.2) is 71.5 Å². The molecule has 0 unspecified atom stereocenters. The van der Waals surface area contributed by atoms with Crippen molar-refractivity contribution in [2.24, 2.45) is 0 Å². The molecule has 4 aromatic rings. The Bertz CT molecular complexity index is 1620. The van der Waals surface area contributed by atoms with Crippen LogP contribution in [0.4, 0.5) is 0 Å². The molecular formula is C27H28N4O5S. The minimum absolute atomic E-state index is 0.0311. The molecule has 9 nitrogen and oxygen atoms in total. The Morgan fingerprint density at radius 1 is 1.08 bits per heavy atom. The molecule has 0 aliphatic carbocycles. The van der Waals surface area contributed by atoms with Crippen LogP contribution in [-0.4, -0.2) is 59.7 Å². The normalized spacial score (nSPS) is 11.7. The number of aromatic hydroxyl groups is 1. The number of carbonyl (C=O) groups excluding carboxylic acids is 1. The number of carbonyl (C=O) groups is 1. The summed E-state index contributed by atoms with van der Waals surface area (Å²) in [5.41, 5.74) is 2.35. The second-order valence-electron chi connectivity index (χ2n) is 8.80. The van der Waals surface area contributed by atoms with E-state index in [0.29, 0.717) is 27.7 Å². The highest BCUT2D eigenvalue weighted by Gasteiger charge is 2.22. The first kappa shape index (κ1) is 26.1. The first-order valence-electron chi connectivity index (χ1n) is 11.6. The zero-order valence-corrected chi connectivity index (χ0v) is 21.6. The van der Waals surface area contributed by atoms with Gasteiger partial charge in [0.05, 0.1) is 24.0 Å². The maximum Gasteiger partial charge on any atom is 0.273 e. The van der Waals surface area contributed by atoms with Gasteiger partial charge < -0.3 is 15.0 Å². The highest BCUT2D eigenvalue weighted by molar-refractivity contribution is 7.88. The number of benzene rings is 2. The first-order valence-corrected chi connectivity index (χ1v) is 13.5. The van der Waals surface area contributed by atoms with Gasteiger partial charge in [0, 0.05) is 31.1 Å². The zero-order valence-electron chi connectivity index (χ0n) is 20.8. The molecule has 0 saturated carbocycles. The van der Waals surface area contributed by atoms with Crippen LogP contribution in [0.25, 0.3) is 22.0 Å². The number of sulfonamides is 1. The van der Waals surface area contributed by atoms with E-state index in [2.05, 4.69) is 10.3 Å². The predicted octanol–water partition coefficient (Wildman–Crippen LogP) is 2.75. The third-order valence-electron chi connectivity index (χ3n) is 6.15. The van der Waals surface area contributed by atoms with Crippen LogP contribution in [0.3, 0.4) is 0 Å². The highest BCUT2D eigenvalue weighted by Crippen LogP contribution is 2.32. The lowest BCUT2D eigenvalue weighted by Crippen LogP contribution is -2.36. The van der Waals surface area contributed by atoms with Gasteiger partial charge in [-0.25, -0.2) is 17.7 Å². The van der Waals surface area contributed by atoms with E-state index >= 15 is 0 Å². The number of likely N-dealkylation sites (N-methyl/N-ethyl adjacent to an activating group) is 1. The summed E-state index contributed by atoms with van der Waals surface area (Å²) < 4.78 is 25.9. The molecule has 0 spiro atoms. The SMILES string of the molecule is Cc1nc(C(=O)NCCN(C)S(C)(=O)=O)c(O)c2cc(-c3ccccc3)c(=O)n(Cc3ccccc3)c12. The van der Waals surface area contributed by atoms with E-state index in [-0.39, 0.29) is 36.6 Å². The maximum atomic E-state index is 13.7. The van der Waals surface area contributed by atoms with Crippen LogP contribution >= 0.6 is 0 Å². The van der Waals surface area contributed by atoms with Crippen molar-refractivity contribution in [2.75, 3.05) is 26.4 Å². The summed E-state index contributed by atoms with van der Waals surface area (Å²) in [5, 5.41) is 14.1. The molecule has 1 amide bonds. The van der Waals surface area contributed by atoms with E-state index in [1.54, 1.807) is 17.6 Å². The number of aromatic nitrogens is 2. The Balaban J connectivity index is 1.83. The zero-order chi connectivity index (χ0) is 26.7. The minimum Gasteiger partial charge on any atom is -0.505 e. The van der Waals surface area contributed by atoms with Crippen molar-refractivity contribution in [3.8, 4) is 16.9 Å². The van der Waals surface area contributed by atoms with Crippen molar-refractivity contribution in [2.45, 2.75) is 13.5 Å². The van der Waals surface area contributed by atoms with E-state index < -0.39 is 15.9 Å². The van der Waals surface area contributed by atoms with Gasteiger partial charge in [-0.2, -0.15) is 0 Å². The third-order valence-corrected chi connectivity index (χ3v) is 7.47. The first-order chi connectivity index (χ1) is 17.6. The Kier molecular flexibility index (Phi) is 7.42. The molecule has 2 aromatic heterocycles. The van der Waals surface area contributed by atoms with Crippen molar-refractivity contribution in [1.29, 1.82) is 0 Å². The Morgan fingerprint density at radius 2 is 1.70 bits per heavy atom. The number of aryl methyl sites for hydroxylation is 1. The molecule has 4 rings (SSSR count). The molecule has 0 atom stereocenters. The molecule has 2 N–H and O–H groups in total. The highest BCUT2D eigenvalue weighted by atomic mass is 32.2. The molecule has 0 aliphatic heterocycles. The minimum atomic E-state index is -3.39. The van der Waals surface area contributed by atoms with Crippen molar-refractivity contribution in [1.82, 2.24) is 19.2 Å². The third kappa shape index (κ3) is 5.55. The number of amides is 1. The van der Waals surface area contributed by atoms with Gasteiger partial charge >= 0.3 is 0 Å². The monoisotopic (exact) mass is 520 g/mol. The van der Waals surface area contributed by atoms with Crippen LogP contribution in [-0.2, 0) is 16.6 Å². The average Bonchev–Trinajstić information content (AvgIpc) is 2.87. The van der Waals surface area contributed by atoms with Crippen molar-refractivity contribution in [3.05, 3.63) is 94.0 Å². The molecule has 0 aliphatic rings. The molecule has 0 bridgehead atoms. The molecular weight excluding hydrogens is 492 g/mol. The summed E-state index contributed by atoms with van der Waals surface area (Å²) >= 11 is 0. The molecule has 192 valence electrons. The molecule has 0 saturated heterocycles. The lowest BCUT2D eigenvalue weighted by molar-refractivity contribution is 0.0944. The Morgan fingerprint density at radius 3 is 2.32 bits per heavy atom. The number of hydrogen-bond acceptors (Lipinski definition) is 6. The fraction of sp³-hybridized carbons (Fsp3) is 0.222. The Hall–Kier alpha value is -4.02. The fourth-order valence-electron chi connectivity index (χ4n) is 4.11.